The third kappa shape index (κ3) is 4.15. The molecule has 0 aliphatic carbocycles. The van der Waals surface area contributed by atoms with Gasteiger partial charge in [0.2, 0.25) is 0 Å². The Morgan fingerprint density at radius 1 is 0.810 bits per heavy atom. The summed E-state index contributed by atoms with van der Waals surface area (Å²) < 4.78 is 45.3. The van der Waals surface area contributed by atoms with Crippen molar-refractivity contribution < 1.29 is 22.6 Å². The normalized spacial score (nSPS) is 12.8. The molecule has 2 nitrogen and oxygen atoms in total. The molecule has 0 aliphatic rings. The molecule has 0 fully saturated rings. The van der Waals surface area contributed by atoms with Gasteiger partial charge in [-0.3, -0.25) is 0 Å². The van der Waals surface area contributed by atoms with E-state index in [0.717, 1.165) is 16.9 Å². The van der Waals surface area contributed by atoms with Gasteiger partial charge in [0.15, 0.2) is 0 Å². The van der Waals surface area contributed by atoms with Crippen LogP contribution in [-0.4, -0.2) is 13.5 Å². The van der Waals surface area contributed by atoms with Gasteiger partial charge < -0.3 is 9.47 Å². The second kappa shape index (κ2) is 6.08. The fourth-order valence-electron chi connectivity index (χ4n) is 2.04. The maximum absolute atomic E-state index is 12.1. The van der Waals surface area contributed by atoms with Crippen molar-refractivity contribution in [3.8, 4) is 11.5 Å². The zero-order valence-corrected chi connectivity index (χ0v) is 11.6. The quantitative estimate of drug-likeness (QED) is 0.811. The Bertz CT molecular complexity index is 574. The first kappa shape index (κ1) is 15.2. The minimum Gasteiger partial charge on any atom is -0.497 e. The molecular weight excluding hydrogens is 281 g/mol. The summed E-state index contributed by atoms with van der Waals surface area (Å²) in [5.74, 6) is 0.615. The van der Waals surface area contributed by atoms with Gasteiger partial charge in [0.1, 0.15) is 11.5 Å². The molecule has 0 amide bonds. The lowest BCUT2D eigenvalue weighted by molar-refractivity contribution is -0.274. The molecule has 1 atom stereocenters. The number of methoxy groups -OCH3 is 1. The predicted molar refractivity (Wildman–Crippen MR) is 73.6 cm³/mol. The lowest BCUT2D eigenvalue weighted by Crippen LogP contribution is -2.17. The van der Waals surface area contributed by atoms with Gasteiger partial charge in [-0.05, 0) is 35.4 Å². The standard InChI is InChI=1S/C16H15F3O2/c1-11(12-3-7-14(20-2)8-4-12)13-5-9-15(10-6-13)21-16(17,18)19/h3-11H,1-2H3. The predicted octanol–water partition coefficient (Wildman–Crippen LogP) is 4.75. The van der Waals surface area contributed by atoms with E-state index in [9.17, 15) is 13.2 Å². The van der Waals surface area contributed by atoms with Crippen molar-refractivity contribution in [1.29, 1.82) is 0 Å². The number of hydrogen-bond donors (Lipinski definition) is 0. The summed E-state index contributed by atoms with van der Waals surface area (Å²) in [5.41, 5.74) is 1.97. The highest BCUT2D eigenvalue weighted by atomic mass is 19.4. The molecule has 0 bridgehead atoms. The summed E-state index contributed by atoms with van der Waals surface area (Å²) in [6.45, 7) is 1.99. The van der Waals surface area contributed by atoms with Gasteiger partial charge in [-0.25, -0.2) is 0 Å². The van der Waals surface area contributed by atoms with E-state index in [1.54, 1.807) is 19.2 Å². The monoisotopic (exact) mass is 296 g/mol. The number of alkyl halides is 3. The highest BCUT2D eigenvalue weighted by Crippen LogP contribution is 2.28. The molecule has 0 aliphatic heterocycles. The summed E-state index contributed by atoms with van der Waals surface area (Å²) in [6, 6.07) is 13.5. The van der Waals surface area contributed by atoms with Crippen LogP contribution in [0.1, 0.15) is 24.0 Å². The highest BCUT2D eigenvalue weighted by molar-refractivity contribution is 5.37. The van der Waals surface area contributed by atoms with E-state index in [4.69, 9.17) is 4.74 Å². The molecule has 0 aromatic heterocycles. The summed E-state index contributed by atoms with van der Waals surface area (Å²) in [7, 11) is 1.60. The molecule has 5 heteroatoms. The number of halogens is 3. The Morgan fingerprint density at radius 3 is 1.62 bits per heavy atom. The molecule has 2 aromatic carbocycles. The van der Waals surface area contributed by atoms with Crippen LogP contribution in [0.5, 0.6) is 11.5 Å². The molecule has 0 heterocycles. The zero-order valence-electron chi connectivity index (χ0n) is 11.6. The van der Waals surface area contributed by atoms with E-state index >= 15 is 0 Å². The largest absolute Gasteiger partial charge is 0.573 e. The second-order valence-corrected chi connectivity index (χ2v) is 4.61. The minimum absolute atomic E-state index is 0.0656. The lowest BCUT2D eigenvalue weighted by Gasteiger charge is -2.14. The van der Waals surface area contributed by atoms with Gasteiger partial charge in [0.25, 0.3) is 0 Å². The molecular formula is C16H15F3O2. The summed E-state index contributed by atoms with van der Waals surface area (Å²) in [4.78, 5) is 0. The molecule has 0 N–H and O–H groups in total. The van der Waals surface area contributed by atoms with E-state index in [2.05, 4.69) is 4.74 Å². The van der Waals surface area contributed by atoms with Crippen molar-refractivity contribution in [3.05, 3.63) is 59.7 Å². The van der Waals surface area contributed by atoms with Gasteiger partial charge in [-0.15, -0.1) is 13.2 Å². The number of hydrogen-bond acceptors (Lipinski definition) is 2. The maximum atomic E-state index is 12.1. The number of benzene rings is 2. The third-order valence-electron chi connectivity index (χ3n) is 3.23. The first-order valence-corrected chi connectivity index (χ1v) is 6.39. The molecule has 0 radical (unpaired) electrons. The van der Waals surface area contributed by atoms with Crippen LogP contribution in [0, 0.1) is 0 Å². The van der Waals surface area contributed by atoms with Gasteiger partial charge >= 0.3 is 6.36 Å². The van der Waals surface area contributed by atoms with Crippen molar-refractivity contribution >= 4 is 0 Å². The zero-order chi connectivity index (χ0) is 15.5. The maximum Gasteiger partial charge on any atom is 0.573 e. The Hall–Kier alpha value is -2.17. The van der Waals surface area contributed by atoms with E-state index in [0.29, 0.717) is 0 Å². The van der Waals surface area contributed by atoms with Crippen LogP contribution < -0.4 is 9.47 Å². The van der Waals surface area contributed by atoms with Crippen molar-refractivity contribution in [1.82, 2.24) is 0 Å². The van der Waals surface area contributed by atoms with Crippen LogP contribution in [-0.2, 0) is 0 Å². The van der Waals surface area contributed by atoms with Crippen LogP contribution in [0.25, 0.3) is 0 Å². The molecule has 1 unspecified atom stereocenters. The van der Waals surface area contributed by atoms with Crippen LogP contribution in [0.4, 0.5) is 13.2 Å². The van der Waals surface area contributed by atoms with Crippen LogP contribution in [0.15, 0.2) is 48.5 Å². The Labute approximate surface area is 121 Å². The molecule has 2 aromatic rings. The Kier molecular flexibility index (Phi) is 4.40. The summed E-state index contributed by atoms with van der Waals surface area (Å²) in [5, 5.41) is 0. The van der Waals surface area contributed by atoms with E-state index in [-0.39, 0.29) is 11.7 Å². The molecule has 0 saturated heterocycles. The van der Waals surface area contributed by atoms with Crippen molar-refractivity contribution in [2.24, 2.45) is 0 Å². The van der Waals surface area contributed by atoms with Gasteiger partial charge in [0.05, 0.1) is 7.11 Å². The average Bonchev–Trinajstić information content (AvgIpc) is 2.46. The Morgan fingerprint density at radius 2 is 1.24 bits per heavy atom. The molecule has 0 saturated carbocycles. The molecule has 0 spiro atoms. The number of ether oxygens (including phenoxy) is 2. The lowest BCUT2D eigenvalue weighted by atomic mass is 9.93. The van der Waals surface area contributed by atoms with E-state index in [1.165, 1.54) is 12.1 Å². The fraction of sp³-hybridized carbons (Fsp3) is 0.250. The summed E-state index contributed by atoms with van der Waals surface area (Å²) >= 11 is 0. The van der Waals surface area contributed by atoms with Crippen LogP contribution >= 0.6 is 0 Å². The van der Waals surface area contributed by atoms with Crippen molar-refractivity contribution in [2.45, 2.75) is 19.2 Å². The minimum atomic E-state index is -4.66. The highest BCUT2D eigenvalue weighted by Gasteiger charge is 2.31. The molecule has 2 rings (SSSR count). The fourth-order valence-corrected chi connectivity index (χ4v) is 2.04. The first-order valence-electron chi connectivity index (χ1n) is 6.39. The second-order valence-electron chi connectivity index (χ2n) is 4.61. The number of rotatable bonds is 4. The average molecular weight is 296 g/mol. The third-order valence-corrected chi connectivity index (χ3v) is 3.23. The van der Waals surface area contributed by atoms with Gasteiger partial charge in [0, 0.05) is 5.92 Å². The molecule has 112 valence electrons. The molecule has 21 heavy (non-hydrogen) atoms. The first-order chi connectivity index (χ1) is 9.89. The Balaban J connectivity index is 2.13. The topological polar surface area (TPSA) is 18.5 Å². The van der Waals surface area contributed by atoms with Crippen LogP contribution in [0.2, 0.25) is 0 Å². The van der Waals surface area contributed by atoms with Gasteiger partial charge in [-0.2, -0.15) is 0 Å². The van der Waals surface area contributed by atoms with E-state index in [1.807, 2.05) is 31.2 Å². The van der Waals surface area contributed by atoms with Gasteiger partial charge in [-0.1, -0.05) is 31.2 Å². The van der Waals surface area contributed by atoms with Crippen molar-refractivity contribution in [3.63, 3.8) is 0 Å². The van der Waals surface area contributed by atoms with Crippen LogP contribution in [0.3, 0.4) is 0 Å². The SMILES string of the molecule is COc1ccc(C(C)c2ccc(OC(F)(F)F)cc2)cc1. The van der Waals surface area contributed by atoms with Crippen molar-refractivity contribution in [2.75, 3.05) is 7.11 Å². The smallest absolute Gasteiger partial charge is 0.497 e. The van der Waals surface area contributed by atoms with E-state index < -0.39 is 6.36 Å². The summed E-state index contributed by atoms with van der Waals surface area (Å²) in [6.07, 6.45) is -4.66.